The normalized spacial score (nSPS) is 12.0. The summed E-state index contributed by atoms with van der Waals surface area (Å²) < 4.78 is 13.2. The van der Waals surface area contributed by atoms with Crippen LogP contribution in [0.15, 0.2) is 205 Å². The van der Waals surface area contributed by atoms with Crippen LogP contribution in [0.2, 0.25) is 0 Å². The van der Waals surface area contributed by atoms with Crippen molar-refractivity contribution in [3.63, 3.8) is 0 Å². The second kappa shape index (κ2) is 12.6. The van der Waals surface area contributed by atoms with Crippen molar-refractivity contribution >= 4 is 76.7 Å². The minimum Gasteiger partial charge on any atom is -0.454 e. The summed E-state index contributed by atoms with van der Waals surface area (Å²) in [6, 6.07) is 69.1. The second-order valence-electron chi connectivity index (χ2n) is 15.4. The Morgan fingerprint density at radius 3 is 1.65 bits per heavy atom. The van der Waals surface area contributed by atoms with Crippen LogP contribution >= 0.6 is 0 Å². The van der Waals surface area contributed by atoms with Gasteiger partial charge in [-0.1, -0.05) is 97.1 Å². The second-order valence-corrected chi connectivity index (χ2v) is 15.4. The quantitative estimate of drug-likeness (QED) is 0.175. The smallest absolute Gasteiger partial charge is 0.153 e. The van der Waals surface area contributed by atoms with Gasteiger partial charge in [0.25, 0.3) is 0 Å². The summed E-state index contributed by atoms with van der Waals surface area (Å²) in [5, 5.41) is 5.85. The summed E-state index contributed by atoms with van der Waals surface area (Å²) in [5.74, 6) is 0.922. The Morgan fingerprint density at radius 1 is 0.350 bits per heavy atom. The lowest BCUT2D eigenvalue weighted by Gasteiger charge is -2.12. The van der Waals surface area contributed by atoms with Crippen molar-refractivity contribution in [1.82, 2.24) is 23.7 Å². The molecule has 0 amide bonds. The van der Waals surface area contributed by atoms with Crippen LogP contribution in [0.4, 0.5) is 0 Å². The van der Waals surface area contributed by atoms with E-state index in [1.165, 1.54) is 32.7 Å². The van der Waals surface area contributed by atoms with E-state index in [2.05, 4.69) is 195 Å². The third-order valence-electron chi connectivity index (χ3n) is 12.1. The van der Waals surface area contributed by atoms with Gasteiger partial charge in [-0.05, 0) is 108 Å². The topological polar surface area (TPSA) is 53.7 Å². The molecule has 0 unspecified atom stereocenters. The molecule has 0 aliphatic carbocycles. The fourth-order valence-electron chi connectivity index (χ4n) is 9.41. The Bertz CT molecular complexity index is 3830. The van der Waals surface area contributed by atoms with Crippen molar-refractivity contribution < 1.29 is 4.42 Å². The number of fused-ring (bicyclic) bond motifs is 10. The zero-order valence-corrected chi connectivity index (χ0v) is 32.2. The third kappa shape index (κ3) is 4.82. The molecule has 0 aliphatic heterocycles. The Morgan fingerprint density at radius 2 is 0.950 bits per heavy atom. The van der Waals surface area contributed by atoms with E-state index in [1.54, 1.807) is 0 Å². The van der Waals surface area contributed by atoms with E-state index in [0.717, 1.165) is 83.6 Å². The van der Waals surface area contributed by atoms with E-state index in [-0.39, 0.29) is 0 Å². The van der Waals surface area contributed by atoms with Gasteiger partial charge in [0, 0.05) is 55.8 Å². The molecule has 13 aromatic rings. The van der Waals surface area contributed by atoms with Crippen LogP contribution in [-0.4, -0.2) is 23.7 Å². The van der Waals surface area contributed by atoms with Crippen molar-refractivity contribution in [2.75, 3.05) is 0 Å². The molecule has 6 nitrogen and oxygen atoms in total. The number of hydrogen-bond acceptors (Lipinski definition) is 3. The average molecular weight is 768 g/mol. The fraction of sp³-hybridized carbons (Fsp3) is 0. The van der Waals surface area contributed by atoms with Gasteiger partial charge in [0.15, 0.2) is 5.58 Å². The maximum absolute atomic E-state index is 6.13. The Labute approximate surface area is 343 Å². The highest BCUT2D eigenvalue weighted by Crippen LogP contribution is 2.40. The highest BCUT2D eigenvalue weighted by atomic mass is 16.3. The van der Waals surface area contributed by atoms with E-state index in [9.17, 15) is 0 Å². The molecule has 5 aromatic heterocycles. The highest BCUT2D eigenvalue weighted by molar-refractivity contribution is 6.13. The van der Waals surface area contributed by atoms with Gasteiger partial charge in [-0.3, -0.25) is 9.55 Å². The Kier molecular flexibility index (Phi) is 6.91. The number of nitrogens with zero attached hydrogens (tertiary/aromatic N) is 5. The van der Waals surface area contributed by atoms with Gasteiger partial charge >= 0.3 is 0 Å². The molecular formula is C54H33N5O. The van der Waals surface area contributed by atoms with E-state index in [1.807, 2.05) is 24.4 Å². The van der Waals surface area contributed by atoms with Crippen LogP contribution in [0.3, 0.4) is 0 Å². The zero-order valence-electron chi connectivity index (χ0n) is 32.2. The fourth-order valence-corrected chi connectivity index (χ4v) is 9.41. The molecule has 8 aromatic carbocycles. The molecule has 0 saturated heterocycles. The molecule has 0 atom stereocenters. The van der Waals surface area contributed by atoms with Crippen LogP contribution in [0, 0.1) is 0 Å². The number of benzene rings is 8. The predicted molar refractivity (Wildman–Crippen MR) is 246 cm³/mol. The third-order valence-corrected chi connectivity index (χ3v) is 12.1. The lowest BCUT2D eigenvalue weighted by Crippen LogP contribution is -1.98. The molecule has 0 spiro atoms. The summed E-state index contributed by atoms with van der Waals surface area (Å²) >= 11 is 0. The van der Waals surface area contributed by atoms with Crippen LogP contribution in [-0.2, 0) is 0 Å². The lowest BCUT2D eigenvalue weighted by atomic mass is 10.0. The van der Waals surface area contributed by atoms with Gasteiger partial charge in [-0.15, -0.1) is 0 Å². The molecule has 0 bridgehead atoms. The van der Waals surface area contributed by atoms with E-state index < -0.39 is 0 Å². The number of hydrogen-bond donors (Lipinski definition) is 0. The zero-order chi connectivity index (χ0) is 39.3. The largest absolute Gasteiger partial charge is 0.454 e. The summed E-state index contributed by atoms with van der Waals surface area (Å²) in [6.45, 7) is 0. The molecule has 0 saturated carbocycles. The summed E-state index contributed by atoms with van der Waals surface area (Å²) in [5.41, 5.74) is 15.8. The van der Waals surface area contributed by atoms with Crippen molar-refractivity contribution in [1.29, 1.82) is 0 Å². The van der Waals surface area contributed by atoms with Gasteiger partial charge in [0.05, 0.1) is 33.1 Å². The van der Waals surface area contributed by atoms with Gasteiger partial charge in [0.2, 0.25) is 0 Å². The lowest BCUT2D eigenvalue weighted by molar-refractivity contribution is 0.668. The van der Waals surface area contributed by atoms with Crippen LogP contribution in [0.1, 0.15) is 0 Å². The van der Waals surface area contributed by atoms with Crippen LogP contribution in [0.25, 0.3) is 116 Å². The molecule has 60 heavy (non-hydrogen) atoms. The van der Waals surface area contributed by atoms with Crippen molar-refractivity contribution in [3.8, 4) is 39.6 Å². The summed E-state index contributed by atoms with van der Waals surface area (Å²) in [6.07, 6.45) is 1.82. The first-order valence-corrected chi connectivity index (χ1v) is 20.2. The number of para-hydroxylation sites is 3. The van der Waals surface area contributed by atoms with Crippen LogP contribution < -0.4 is 0 Å². The first kappa shape index (κ1) is 32.8. The van der Waals surface area contributed by atoms with Gasteiger partial charge in [-0.2, -0.15) is 0 Å². The number of pyridine rings is 1. The molecule has 0 radical (unpaired) electrons. The first-order valence-electron chi connectivity index (χ1n) is 20.2. The molecule has 0 aliphatic rings. The SMILES string of the molecule is c1ccc(-c2nc3ccc(-n4c5ccccc5c5cc(-c6ccc7c(c6)c6ccccc6n7-c6ccc7oc8cccnc8c7c6)ccc54)cc3n2-c2ccccc2)cc1. The minimum atomic E-state index is 0.797. The molecule has 13 rings (SSSR count). The van der Waals surface area contributed by atoms with E-state index >= 15 is 0 Å². The minimum absolute atomic E-state index is 0.797. The summed E-state index contributed by atoms with van der Waals surface area (Å²) in [4.78, 5) is 9.83. The predicted octanol–water partition coefficient (Wildman–Crippen LogP) is 13.8. The van der Waals surface area contributed by atoms with Gasteiger partial charge < -0.3 is 13.6 Å². The van der Waals surface area contributed by atoms with E-state index in [0.29, 0.717) is 0 Å². The average Bonchev–Trinajstić information content (AvgIpc) is 4.06. The standard InChI is InChI=1S/C54H33N5O/c1-3-12-34(13-4-1)54-56-45-25-23-39(33-50(45)59(54)37-14-5-2-6-15-37)58-47-19-10-8-17-41(47)43-31-36(22-27-49(43)58)35-21-26-48-42(30-35)40-16-7-9-18-46(40)57(48)38-24-28-51-44(32-38)53-52(60-51)20-11-29-55-53/h1-33H. The number of imidazole rings is 1. The molecule has 280 valence electrons. The maximum atomic E-state index is 6.13. The maximum Gasteiger partial charge on any atom is 0.153 e. The number of rotatable bonds is 5. The Hall–Kier alpha value is -8.22. The molecular weight excluding hydrogens is 735 g/mol. The van der Waals surface area contributed by atoms with Crippen LogP contribution in [0.5, 0.6) is 0 Å². The highest BCUT2D eigenvalue weighted by Gasteiger charge is 2.20. The van der Waals surface area contributed by atoms with Gasteiger partial charge in [0.1, 0.15) is 16.9 Å². The molecule has 6 heteroatoms. The summed E-state index contributed by atoms with van der Waals surface area (Å²) in [7, 11) is 0. The Balaban J connectivity index is 0.968. The number of aromatic nitrogens is 5. The van der Waals surface area contributed by atoms with Crippen molar-refractivity contribution in [2.45, 2.75) is 0 Å². The van der Waals surface area contributed by atoms with Crippen molar-refractivity contribution in [2.24, 2.45) is 0 Å². The molecule has 0 N–H and O–H groups in total. The number of furan rings is 1. The van der Waals surface area contributed by atoms with Crippen molar-refractivity contribution in [3.05, 3.63) is 200 Å². The van der Waals surface area contributed by atoms with E-state index in [4.69, 9.17) is 9.40 Å². The monoisotopic (exact) mass is 767 g/mol. The van der Waals surface area contributed by atoms with Gasteiger partial charge in [-0.25, -0.2) is 4.98 Å². The first-order chi connectivity index (χ1) is 29.7. The molecule has 0 fully saturated rings. The molecule has 5 heterocycles.